The molecule has 7 nitrogen and oxygen atoms in total. The van der Waals surface area contributed by atoms with Gasteiger partial charge in [0.2, 0.25) is 5.91 Å². The van der Waals surface area contributed by atoms with Gasteiger partial charge in [0.1, 0.15) is 0 Å². The van der Waals surface area contributed by atoms with Crippen molar-refractivity contribution in [3.8, 4) is 11.3 Å². The SMILES string of the molecule is O=C(Nc1nc(-c2ccccc2Cl)cs1)c1cccc(CN2C(=O)CNC2=O)c1. The standard InChI is InChI=1S/C20H15ClN4O3S/c21-15-7-2-1-6-14(15)16-11-29-19(23-16)24-18(27)13-5-3-4-12(8-13)10-25-17(26)9-22-20(25)28/h1-8,11H,9-10H2,(H,22,28)(H,23,24,27). The van der Waals surface area contributed by atoms with Gasteiger partial charge >= 0.3 is 6.03 Å². The van der Waals surface area contributed by atoms with Gasteiger partial charge in [-0.05, 0) is 23.8 Å². The van der Waals surface area contributed by atoms with Crippen molar-refractivity contribution in [3.05, 3.63) is 70.1 Å². The van der Waals surface area contributed by atoms with Crippen molar-refractivity contribution in [1.29, 1.82) is 0 Å². The summed E-state index contributed by atoms with van der Waals surface area (Å²) in [6, 6.07) is 13.7. The van der Waals surface area contributed by atoms with Gasteiger partial charge in [-0.25, -0.2) is 9.78 Å². The molecule has 2 heterocycles. The van der Waals surface area contributed by atoms with E-state index in [2.05, 4.69) is 15.6 Å². The van der Waals surface area contributed by atoms with Gasteiger partial charge in [-0.2, -0.15) is 0 Å². The molecule has 0 bridgehead atoms. The Kier molecular flexibility index (Phi) is 5.28. The Labute approximate surface area is 175 Å². The summed E-state index contributed by atoms with van der Waals surface area (Å²) >= 11 is 7.50. The third kappa shape index (κ3) is 4.13. The number of urea groups is 1. The summed E-state index contributed by atoms with van der Waals surface area (Å²) in [5.74, 6) is -0.621. The molecule has 146 valence electrons. The number of benzene rings is 2. The van der Waals surface area contributed by atoms with Gasteiger partial charge in [0.25, 0.3) is 5.91 Å². The smallest absolute Gasteiger partial charge is 0.324 e. The van der Waals surface area contributed by atoms with Crippen molar-refractivity contribution in [2.75, 3.05) is 11.9 Å². The minimum absolute atomic E-state index is 0.00315. The Morgan fingerprint density at radius 3 is 2.79 bits per heavy atom. The van der Waals surface area contributed by atoms with Crippen molar-refractivity contribution < 1.29 is 14.4 Å². The zero-order valence-corrected chi connectivity index (χ0v) is 16.6. The maximum Gasteiger partial charge on any atom is 0.324 e. The van der Waals surface area contributed by atoms with Crippen molar-refractivity contribution in [1.82, 2.24) is 15.2 Å². The highest BCUT2D eigenvalue weighted by Gasteiger charge is 2.28. The quantitative estimate of drug-likeness (QED) is 0.607. The van der Waals surface area contributed by atoms with E-state index < -0.39 is 6.03 Å². The Hall–Kier alpha value is -3.23. The molecule has 0 unspecified atom stereocenters. The van der Waals surface area contributed by atoms with Gasteiger partial charge in [0, 0.05) is 21.5 Å². The number of carbonyl (C=O) groups is 3. The number of thiazole rings is 1. The van der Waals surface area contributed by atoms with Crippen molar-refractivity contribution in [2.24, 2.45) is 0 Å². The summed E-state index contributed by atoms with van der Waals surface area (Å²) in [6.07, 6.45) is 0. The minimum Gasteiger partial charge on any atom is -0.329 e. The fourth-order valence-corrected chi connectivity index (χ4v) is 3.84. The molecule has 1 fully saturated rings. The second-order valence-corrected chi connectivity index (χ2v) is 7.58. The Morgan fingerprint density at radius 2 is 2.03 bits per heavy atom. The fraction of sp³-hybridized carbons (Fsp3) is 0.100. The molecule has 4 amide bonds. The molecule has 0 spiro atoms. The topological polar surface area (TPSA) is 91.4 Å². The molecule has 4 rings (SSSR count). The molecule has 0 atom stereocenters. The summed E-state index contributed by atoms with van der Waals surface area (Å²) in [5, 5.41) is 8.10. The number of halogens is 1. The lowest BCUT2D eigenvalue weighted by atomic mass is 10.1. The van der Waals surface area contributed by atoms with Crippen LogP contribution >= 0.6 is 22.9 Å². The molecule has 29 heavy (non-hydrogen) atoms. The molecule has 1 saturated heterocycles. The van der Waals surface area contributed by atoms with Gasteiger partial charge in [0.05, 0.1) is 18.8 Å². The van der Waals surface area contributed by atoms with E-state index in [1.165, 1.54) is 11.3 Å². The first-order valence-corrected chi connectivity index (χ1v) is 9.96. The average molecular weight is 427 g/mol. The van der Waals surface area contributed by atoms with Crippen molar-refractivity contribution in [3.63, 3.8) is 0 Å². The summed E-state index contributed by atoms with van der Waals surface area (Å²) < 4.78 is 0. The van der Waals surface area contributed by atoms with E-state index in [0.29, 0.717) is 27.0 Å². The molecule has 0 radical (unpaired) electrons. The largest absolute Gasteiger partial charge is 0.329 e. The maximum absolute atomic E-state index is 12.6. The second-order valence-electron chi connectivity index (χ2n) is 6.31. The normalized spacial score (nSPS) is 13.5. The van der Waals surface area contributed by atoms with E-state index in [4.69, 9.17) is 11.6 Å². The number of nitrogens with one attached hydrogen (secondary N) is 2. The van der Waals surface area contributed by atoms with Crippen LogP contribution in [0, 0.1) is 0 Å². The first kappa shape index (κ1) is 19.1. The zero-order chi connectivity index (χ0) is 20.4. The van der Waals surface area contributed by atoms with Crippen LogP contribution in [-0.4, -0.2) is 34.3 Å². The molecule has 1 aromatic heterocycles. The molecule has 0 saturated carbocycles. The third-order valence-electron chi connectivity index (χ3n) is 4.34. The lowest BCUT2D eigenvalue weighted by Crippen LogP contribution is -2.30. The van der Waals surface area contributed by atoms with Crippen LogP contribution in [0.5, 0.6) is 0 Å². The summed E-state index contributed by atoms with van der Waals surface area (Å²) in [6.45, 7) is 0.108. The first-order chi connectivity index (χ1) is 14.0. The first-order valence-electron chi connectivity index (χ1n) is 8.70. The second kappa shape index (κ2) is 8.02. The summed E-state index contributed by atoms with van der Waals surface area (Å²) in [5.41, 5.74) is 2.56. The van der Waals surface area contributed by atoms with Gasteiger partial charge in [0.15, 0.2) is 5.13 Å². The van der Waals surface area contributed by atoms with Crippen LogP contribution in [0.25, 0.3) is 11.3 Å². The highest BCUT2D eigenvalue weighted by Crippen LogP contribution is 2.30. The number of anilines is 1. The van der Waals surface area contributed by atoms with E-state index in [-0.39, 0.29) is 24.9 Å². The van der Waals surface area contributed by atoms with E-state index in [9.17, 15) is 14.4 Å². The molecule has 2 N–H and O–H groups in total. The van der Waals surface area contributed by atoms with Crippen LogP contribution in [0.2, 0.25) is 5.02 Å². The monoisotopic (exact) mass is 426 g/mol. The van der Waals surface area contributed by atoms with E-state index in [1.807, 2.05) is 23.6 Å². The van der Waals surface area contributed by atoms with Crippen LogP contribution in [0.3, 0.4) is 0 Å². The molecular weight excluding hydrogens is 412 g/mol. The molecule has 3 aromatic rings. The Balaban J connectivity index is 1.47. The number of rotatable bonds is 5. The molecule has 2 aromatic carbocycles. The van der Waals surface area contributed by atoms with E-state index in [1.54, 1.807) is 30.3 Å². The van der Waals surface area contributed by atoms with Gasteiger partial charge in [-0.1, -0.05) is 41.9 Å². The van der Waals surface area contributed by atoms with Crippen LogP contribution in [-0.2, 0) is 11.3 Å². The highest BCUT2D eigenvalue weighted by atomic mass is 35.5. The van der Waals surface area contributed by atoms with E-state index >= 15 is 0 Å². The average Bonchev–Trinajstić information content (AvgIpc) is 3.30. The summed E-state index contributed by atoms with van der Waals surface area (Å²) in [4.78, 5) is 41.6. The van der Waals surface area contributed by atoms with Gasteiger partial charge in [-0.3, -0.25) is 19.8 Å². The molecule has 9 heteroatoms. The van der Waals surface area contributed by atoms with Crippen LogP contribution in [0.15, 0.2) is 53.9 Å². The number of imide groups is 1. The summed E-state index contributed by atoms with van der Waals surface area (Å²) in [7, 11) is 0. The molecule has 0 aliphatic carbocycles. The van der Waals surface area contributed by atoms with Gasteiger partial charge in [-0.15, -0.1) is 11.3 Å². The van der Waals surface area contributed by atoms with Crippen LogP contribution < -0.4 is 10.6 Å². The Bertz CT molecular complexity index is 1100. The lowest BCUT2D eigenvalue weighted by Gasteiger charge is -2.13. The number of amides is 4. The number of aromatic nitrogens is 1. The number of carbonyl (C=O) groups excluding carboxylic acids is 3. The highest BCUT2D eigenvalue weighted by molar-refractivity contribution is 7.14. The number of hydrogen-bond donors (Lipinski definition) is 2. The van der Waals surface area contributed by atoms with E-state index in [0.717, 1.165) is 10.5 Å². The van der Waals surface area contributed by atoms with Crippen molar-refractivity contribution >= 4 is 45.9 Å². The minimum atomic E-state index is -0.431. The Morgan fingerprint density at radius 1 is 1.21 bits per heavy atom. The molecule has 1 aliphatic heterocycles. The maximum atomic E-state index is 12.6. The fourth-order valence-electron chi connectivity index (χ4n) is 2.90. The predicted molar refractivity (Wildman–Crippen MR) is 111 cm³/mol. The van der Waals surface area contributed by atoms with Crippen LogP contribution in [0.4, 0.5) is 9.93 Å². The molecule has 1 aliphatic rings. The molecular formula is C20H15ClN4O3S. The number of nitrogens with zero attached hydrogens (tertiary/aromatic N) is 2. The number of hydrogen-bond acceptors (Lipinski definition) is 5. The van der Waals surface area contributed by atoms with Crippen molar-refractivity contribution in [2.45, 2.75) is 6.54 Å². The third-order valence-corrected chi connectivity index (χ3v) is 5.43. The van der Waals surface area contributed by atoms with Crippen LogP contribution in [0.1, 0.15) is 15.9 Å². The predicted octanol–water partition coefficient (Wildman–Crippen LogP) is 3.77. The zero-order valence-electron chi connectivity index (χ0n) is 15.0. The lowest BCUT2D eigenvalue weighted by molar-refractivity contribution is -0.125. The van der Waals surface area contributed by atoms with Gasteiger partial charge < -0.3 is 5.32 Å².